The third kappa shape index (κ3) is 4.74. The average molecular weight is 319 g/mol. The number of halogens is 1. The topological polar surface area (TPSA) is 72.2 Å². The molecule has 0 aliphatic rings. The van der Waals surface area contributed by atoms with E-state index in [9.17, 15) is 8.42 Å². The van der Waals surface area contributed by atoms with Crippen molar-refractivity contribution in [3.8, 4) is 0 Å². The summed E-state index contributed by atoms with van der Waals surface area (Å²) in [6, 6.07) is 4.69. The SMILES string of the molecule is CCC(C)CC(C)NS(=O)(=O)c1cc(CN)ccc1Cl. The number of benzene rings is 1. The fourth-order valence-corrected chi connectivity index (χ4v) is 3.83. The monoisotopic (exact) mass is 318 g/mol. The van der Waals surface area contributed by atoms with Crippen LogP contribution in [0.4, 0.5) is 0 Å². The third-order valence-electron chi connectivity index (χ3n) is 3.33. The molecule has 2 atom stereocenters. The van der Waals surface area contributed by atoms with Gasteiger partial charge in [-0.2, -0.15) is 0 Å². The lowest BCUT2D eigenvalue weighted by atomic mass is 10.0. The van der Waals surface area contributed by atoms with E-state index in [-0.39, 0.29) is 22.5 Å². The Morgan fingerprint density at radius 1 is 1.35 bits per heavy atom. The van der Waals surface area contributed by atoms with Crippen molar-refractivity contribution in [2.45, 2.75) is 51.1 Å². The van der Waals surface area contributed by atoms with Gasteiger partial charge in [-0.15, -0.1) is 0 Å². The van der Waals surface area contributed by atoms with Gasteiger partial charge in [0.25, 0.3) is 0 Å². The van der Waals surface area contributed by atoms with E-state index in [1.165, 1.54) is 6.07 Å². The lowest BCUT2D eigenvalue weighted by Crippen LogP contribution is -2.34. The minimum absolute atomic E-state index is 0.0955. The van der Waals surface area contributed by atoms with Crippen molar-refractivity contribution >= 4 is 21.6 Å². The molecule has 0 spiro atoms. The Balaban J connectivity index is 2.93. The Kier molecular flexibility index (Phi) is 6.45. The van der Waals surface area contributed by atoms with Crippen LogP contribution in [0.1, 0.15) is 39.2 Å². The zero-order valence-electron chi connectivity index (χ0n) is 12.2. The van der Waals surface area contributed by atoms with Gasteiger partial charge in [0.1, 0.15) is 4.90 Å². The highest BCUT2D eigenvalue weighted by atomic mass is 35.5. The van der Waals surface area contributed by atoms with Gasteiger partial charge < -0.3 is 5.73 Å². The molecule has 0 saturated heterocycles. The van der Waals surface area contributed by atoms with Crippen LogP contribution in [0.15, 0.2) is 23.1 Å². The molecular formula is C14H23ClN2O2S. The zero-order chi connectivity index (χ0) is 15.3. The van der Waals surface area contributed by atoms with E-state index in [1.807, 2.05) is 6.92 Å². The number of hydrogen-bond donors (Lipinski definition) is 2. The Hall–Kier alpha value is -0.620. The summed E-state index contributed by atoms with van der Waals surface area (Å²) >= 11 is 5.99. The molecule has 20 heavy (non-hydrogen) atoms. The van der Waals surface area contributed by atoms with Gasteiger partial charge in [-0.1, -0.05) is 37.9 Å². The highest BCUT2D eigenvalue weighted by Crippen LogP contribution is 2.23. The standard InChI is InChI=1S/C14H23ClN2O2S/c1-4-10(2)7-11(3)17-20(18,19)14-8-12(9-16)5-6-13(14)15/h5-6,8,10-11,17H,4,7,9,16H2,1-3H3. The molecular weight excluding hydrogens is 296 g/mol. The molecule has 4 nitrogen and oxygen atoms in total. The Bertz CT molecular complexity index is 546. The maximum absolute atomic E-state index is 12.4. The molecule has 0 saturated carbocycles. The van der Waals surface area contributed by atoms with E-state index < -0.39 is 10.0 Å². The largest absolute Gasteiger partial charge is 0.326 e. The van der Waals surface area contributed by atoms with Crippen LogP contribution in [-0.2, 0) is 16.6 Å². The van der Waals surface area contributed by atoms with E-state index in [0.717, 1.165) is 18.4 Å². The number of sulfonamides is 1. The van der Waals surface area contributed by atoms with Crippen molar-refractivity contribution in [3.05, 3.63) is 28.8 Å². The molecule has 0 bridgehead atoms. The highest BCUT2D eigenvalue weighted by molar-refractivity contribution is 7.89. The third-order valence-corrected chi connectivity index (χ3v) is 5.40. The summed E-state index contributed by atoms with van der Waals surface area (Å²) < 4.78 is 27.4. The summed E-state index contributed by atoms with van der Waals surface area (Å²) in [5.41, 5.74) is 6.28. The Morgan fingerprint density at radius 2 is 2.00 bits per heavy atom. The van der Waals surface area contributed by atoms with Gasteiger partial charge in [-0.05, 0) is 37.0 Å². The predicted molar refractivity (Wildman–Crippen MR) is 83.2 cm³/mol. The molecule has 0 radical (unpaired) electrons. The van der Waals surface area contributed by atoms with E-state index in [4.69, 9.17) is 17.3 Å². The van der Waals surface area contributed by atoms with Gasteiger partial charge in [0.2, 0.25) is 10.0 Å². The molecule has 0 fully saturated rings. The average Bonchev–Trinajstić information content (AvgIpc) is 2.38. The van der Waals surface area contributed by atoms with Crippen molar-refractivity contribution in [3.63, 3.8) is 0 Å². The molecule has 0 aliphatic heterocycles. The minimum atomic E-state index is -3.61. The molecule has 3 N–H and O–H groups in total. The van der Waals surface area contributed by atoms with Crippen LogP contribution in [0.3, 0.4) is 0 Å². The first kappa shape index (κ1) is 17.4. The van der Waals surface area contributed by atoms with Crippen LogP contribution in [0.2, 0.25) is 5.02 Å². The maximum atomic E-state index is 12.4. The van der Waals surface area contributed by atoms with E-state index >= 15 is 0 Å². The molecule has 1 aromatic carbocycles. The number of nitrogens with two attached hydrogens (primary N) is 1. The molecule has 114 valence electrons. The number of hydrogen-bond acceptors (Lipinski definition) is 3. The number of nitrogens with one attached hydrogen (secondary N) is 1. The predicted octanol–water partition coefficient (Wildman–Crippen LogP) is 2.90. The zero-order valence-corrected chi connectivity index (χ0v) is 13.8. The maximum Gasteiger partial charge on any atom is 0.242 e. The van der Waals surface area contributed by atoms with Crippen molar-refractivity contribution in [1.82, 2.24) is 4.72 Å². The molecule has 2 unspecified atom stereocenters. The Morgan fingerprint density at radius 3 is 2.55 bits per heavy atom. The van der Waals surface area contributed by atoms with Crippen molar-refractivity contribution in [1.29, 1.82) is 0 Å². The van der Waals surface area contributed by atoms with Crippen molar-refractivity contribution in [2.75, 3.05) is 0 Å². The first-order chi connectivity index (χ1) is 9.30. The quantitative estimate of drug-likeness (QED) is 0.812. The van der Waals surface area contributed by atoms with Crippen molar-refractivity contribution in [2.24, 2.45) is 11.7 Å². The van der Waals surface area contributed by atoms with Gasteiger partial charge >= 0.3 is 0 Å². The molecule has 0 amide bonds. The van der Waals surface area contributed by atoms with Crippen LogP contribution in [0.25, 0.3) is 0 Å². The summed E-state index contributed by atoms with van der Waals surface area (Å²) in [6.45, 7) is 6.34. The molecule has 1 aromatic rings. The van der Waals surface area contributed by atoms with Gasteiger partial charge in [0.15, 0.2) is 0 Å². The van der Waals surface area contributed by atoms with Crippen LogP contribution in [0, 0.1) is 5.92 Å². The van der Waals surface area contributed by atoms with Gasteiger partial charge in [-0.25, -0.2) is 13.1 Å². The van der Waals surface area contributed by atoms with Gasteiger partial charge in [-0.3, -0.25) is 0 Å². The minimum Gasteiger partial charge on any atom is -0.326 e. The normalized spacial score (nSPS) is 15.1. The Labute approximate surface area is 126 Å². The molecule has 0 heterocycles. The summed E-state index contributed by atoms with van der Waals surface area (Å²) in [7, 11) is -3.61. The lowest BCUT2D eigenvalue weighted by molar-refractivity contribution is 0.445. The molecule has 0 aliphatic carbocycles. The fraction of sp³-hybridized carbons (Fsp3) is 0.571. The molecule has 6 heteroatoms. The highest BCUT2D eigenvalue weighted by Gasteiger charge is 2.21. The number of rotatable bonds is 7. The summed E-state index contributed by atoms with van der Waals surface area (Å²) in [5.74, 6) is 0.471. The molecule has 1 rings (SSSR count). The van der Waals surface area contributed by atoms with E-state index in [2.05, 4.69) is 18.6 Å². The first-order valence-corrected chi connectivity index (χ1v) is 8.67. The van der Waals surface area contributed by atoms with Crippen molar-refractivity contribution < 1.29 is 8.42 Å². The molecule has 0 aromatic heterocycles. The second kappa shape index (κ2) is 7.41. The smallest absolute Gasteiger partial charge is 0.242 e. The first-order valence-electron chi connectivity index (χ1n) is 6.81. The summed E-state index contributed by atoms with van der Waals surface area (Å²) in [6.07, 6.45) is 1.82. The van der Waals surface area contributed by atoms with Crippen LogP contribution < -0.4 is 10.5 Å². The van der Waals surface area contributed by atoms with Gasteiger partial charge in [0.05, 0.1) is 5.02 Å². The van der Waals surface area contributed by atoms with E-state index in [1.54, 1.807) is 12.1 Å². The van der Waals surface area contributed by atoms with Gasteiger partial charge in [0, 0.05) is 12.6 Å². The van der Waals surface area contributed by atoms with Crippen LogP contribution in [0.5, 0.6) is 0 Å². The van der Waals surface area contributed by atoms with E-state index in [0.29, 0.717) is 5.92 Å². The fourth-order valence-electron chi connectivity index (χ4n) is 2.03. The second-order valence-electron chi connectivity index (χ2n) is 5.24. The lowest BCUT2D eigenvalue weighted by Gasteiger charge is -2.18. The van der Waals surface area contributed by atoms with Crippen LogP contribution >= 0.6 is 11.6 Å². The van der Waals surface area contributed by atoms with Crippen LogP contribution in [-0.4, -0.2) is 14.5 Å². The second-order valence-corrected chi connectivity index (χ2v) is 7.33. The summed E-state index contributed by atoms with van der Waals surface area (Å²) in [5, 5.41) is 0.213. The summed E-state index contributed by atoms with van der Waals surface area (Å²) in [4.78, 5) is 0.0955.